The first-order valence-corrected chi connectivity index (χ1v) is 12.0. The number of thiocarbonyl (C=S) groups is 1. The minimum atomic E-state index is -0.530. The molecule has 0 spiro atoms. The highest BCUT2D eigenvalue weighted by Crippen LogP contribution is 2.28. The highest BCUT2D eigenvalue weighted by atomic mass is 32.1. The van der Waals surface area contributed by atoms with Gasteiger partial charge in [0.05, 0.1) is 17.3 Å². The van der Waals surface area contributed by atoms with Crippen LogP contribution in [0.5, 0.6) is 0 Å². The molecule has 1 fully saturated rings. The van der Waals surface area contributed by atoms with Crippen molar-refractivity contribution in [3.05, 3.63) is 107 Å². The molecule has 7 heteroatoms. The maximum absolute atomic E-state index is 13.5. The molecule has 0 bridgehead atoms. The van der Waals surface area contributed by atoms with Crippen molar-refractivity contribution in [3.63, 3.8) is 0 Å². The number of nitrogens with zero attached hydrogens (tertiary/aromatic N) is 3. The summed E-state index contributed by atoms with van der Waals surface area (Å²) in [5.74, 6) is -1.00. The molecule has 176 valence electrons. The minimum Gasteiger partial charge on any atom is -0.342 e. The Morgan fingerprint density at radius 1 is 1.00 bits per heavy atom. The quantitative estimate of drug-likeness (QED) is 0.244. The third-order valence-electron chi connectivity index (χ3n) is 6.30. The summed E-state index contributed by atoms with van der Waals surface area (Å²) in [6.45, 7) is 2.54. The van der Waals surface area contributed by atoms with Crippen molar-refractivity contribution in [1.82, 2.24) is 9.88 Å². The predicted octanol–water partition coefficient (Wildman–Crippen LogP) is 4.95. The third-order valence-corrected chi connectivity index (χ3v) is 6.59. The normalized spacial score (nSPS) is 14.8. The van der Waals surface area contributed by atoms with Crippen molar-refractivity contribution in [3.8, 4) is 6.07 Å². The second-order valence-electron chi connectivity index (χ2n) is 8.48. The molecule has 0 radical (unpaired) electrons. The summed E-state index contributed by atoms with van der Waals surface area (Å²) in [5.41, 5.74) is 4.90. The number of hydrogen-bond acceptors (Lipinski definition) is 4. The van der Waals surface area contributed by atoms with E-state index >= 15 is 0 Å². The molecule has 0 aliphatic carbocycles. The van der Waals surface area contributed by atoms with Crippen LogP contribution in [0.25, 0.3) is 17.0 Å². The fourth-order valence-corrected chi connectivity index (χ4v) is 4.68. The monoisotopic (exact) mass is 490 g/mol. The molecule has 1 aliphatic rings. The number of anilines is 1. The van der Waals surface area contributed by atoms with Gasteiger partial charge in [0.15, 0.2) is 5.11 Å². The molecule has 2 amide bonds. The van der Waals surface area contributed by atoms with Crippen molar-refractivity contribution in [1.29, 1.82) is 5.26 Å². The Hall–Kier alpha value is -4.54. The predicted molar refractivity (Wildman–Crippen MR) is 144 cm³/mol. The van der Waals surface area contributed by atoms with Crippen LogP contribution in [0, 0.1) is 11.3 Å². The second-order valence-corrected chi connectivity index (χ2v) is 8.86. The van der Waals surface area contributed by atoms with Gasteiger partial charge in [-0.3, -0.25) is 19.8 Å². The lowest BCUT2D eigenvalue weighted by molar-refractivity contribution is -0.122. The molecular formula is C29H22N4O2S. The number of carbonyl (C=O) groups is 2. The number of aromatic nitrogens is 1. The van der Waals surface area contributed by atoms with Crippen molar-refractivity contribution in [2.75, 3.05) is 4.90 Å². The fraction of sp³-hybridized carbons (Fsp3) is 0.103. The van der Waals surface area contributed by atoms with E-state index in [-0.39, 0.29) is 10.7 Å². The molecule has 6 nitrogen and oxygen atoms in total. The van der Waals surface area contributed by atoms with Crippen LogP contribution in [0.1, 0.15) is 29.2 Å². The molecule has 36 heavy (non-hydrogen) atoms. The molecule has 1 saturated heterocycles. The Kier molecular flexibility index (Phi) is 6.19. The lowest BCUT2D eigenvalue weighted by atomic mass is 10.1. The van der Waals surface area contributed by atoms with Gasteiger partial charge in [-0.1, -0.05) is 55.5 Å². The Morgan fingerprint density at radius 2 is 1.72 bits per heavy atom. The zero-order valence-corrected chi connectivity index (χ0v) is 20.4. The summed E-state index contributed by atoms with van der Waals surface area (Å²) in [6, 6.07) is 25.0. The molecule has 1 N–H and O–H groups in total. The van der Waals surface area contributed by atoms with Crippen LogP contribution in [0.15, 0.2) is 84.6 Å². The van der Waals surface area contributed by atoms with Gasteiger partial charge in [-0.15, -0.1) is 0 Å². The maximum Gasteiger partial charge on any atom is 0.270 e. The van der Waals surface area contributed by atoms with E-state index in [1.54, 1.807) is 12.1 Å². The highest BCUT2D eigenvalue weighted by molar-refractivity contribution is 7.80. The van der Waals surface area contributed by atoms with E-state index in [9.17, 15) is 14.9 Å². The second kappa shape index (κ2) is 9.61. The molecule has 0 saturated carbocycles. The van der Waals surface area contributed by atoms with Gasteiger partial charge in [-0.05, 0) is 60.1 Å². The van der Waals surface area contributed by atoms with Crippen LogP contribution in [0.4, 0.5) is 5.69 Å². The summed E-state index contributed by atoms with van der Waals surface area (Å²) < 4.78 is 2.02. The first-order chi connectivity index (χ1) is 17.5. The van der Waals surface area contributed by atoms with E-state index in [1.165, 1.54) is 4.90 Å². The van der Waals surface area contributed by atoms with Gasteiger partial charge in [0.2, 0.25) is 0 Å². The Morgan fingerprint density at radius 3 is 2.47 bits per heavy atom. The molecule has 3 aromatic carbocycles. The van der Waals surface area contributed by atoms with Crippen LogP contribution in [-0.2, 0) is 22.6 Å². The Balaban J connectivity index is 1.56. The molecule has 4 aromatic rings. The lowest BCUT2D eigenvalue weighted by Crippen LogP contribution is -2.54. The van der Waals surface area contributed by atoms with Crippen molar-refractivity contribution >= 4 is 51.8 Å². The third kappa shape index (κ3) is 4.19. The smallest absolute Gasteiger partial charge is 0.270 e. The van der Waals surface area contributed by atoms with Gasteiger partial charge in [-0.25, -0.2) is 0 Å². The molecule has 1 aromatic heterocycles. The number of nitrogens with one attached hydrogen (secondary N) is 1. The van der Waals surface area contributed by atoms with Crippen molar-refractivity contribution < 1.29 is 9.59 Å². The van der Waals surface area contributed by atoms with Gasteiger partial charge in [0.25, 0.3) is 11.8 Å². The van der Waals surface area contributed by atoms with Crippen LogP contribution in [0.2, 0.25) is 0 Å². The Labute approximate surface area is 214 Å². The number of fused-ring (bicyclic) bond motifs is 1. The standard InChI is InChI=1S/C29H22N4O2S/c1-2-19-11-13-23(14-12-19)33-28(35)25(27(34)31-29(33)36)15-22-18-32(26-10-6-5-9-24(22)26)17-21-8-4-3-7-20(21)16-30/h3-15,18H,2,17H2,1H3,(H,31,34,36). The van der Waals surface area contributed by atoms with Crippen molar-refractivity contribution in [2.24, 2.45) is 0 Å². The number of hydrogen-bond donors (Lipinski definition) is 1. The summed E-state index contributed by atoms with van der Waals surface area (Å²) in [6.07, 6.45) is 4.39. The van der Waals surface area contributed by atoms with E-state index in [4.69, 9.17) is 12.2 Å². The van der Waals surface area contributed by atoms with Crippen LogP contribution >= 0.6 is 12.2 Å². The topological polar surface area (TPSA) is 78.1 Å². The van der Waals surface area contributed by atoms with E-state index in [1.807, 2.05) is 77.5 Å². The van der Waals surface area contributed by atoms with Crippen LogP contribution in [0.3, 0.4) is 0 Å². The molecular weight excluding hydrogens is 468 g/mol. The molecule has 0 unspecified atom stereocenters. The maximum atomic E-state index is 13.5. The van der Waals surface area contributed by atoms with Gasteiger partial charge >= 0.3 is 0 Å². The fourth-order valence-electron chi connectivity index (χ4n) is 4.40. The zero-order valence-electron chi connectivity index (χ0n) is 19.6. The van der Waals surface area contributed by atoms with Gasteiger partial charge in [0, 0.05) is 29.2 Å². The van der Waals surface area contributed by atoms with E-state index in [0.29, 0.717) is 17.8 Å². The highest BCUT2D eigenvalue weighted by Gasteiger charge is 2.34. The number of nitriles is 1. The van der Waals surface area contributed by atoms with E-state index in [2.05, 4.69) is 18.3 Å². The number of benzene rings is 3. The molecule has 5 rings (SSSR count). The summed E-state index contributed by atoms with van der Waals surface area (Å²) in [4.78, 5) is 27.7. The average Bonchev–Trinajstić information content (AvgIpc) is 3.24. The average molecular weight is 491 g/mol. The van der Waals surface area contributed by atoms with Crippen LogP contribution < -0.4 is 10.2 Å². The first kappa shape index (κ1) is 23.2. The summed E-state index contributed by atoms with van der Waals surface area (Å²) in [5, 5.41) is 13.1. The largest absolute Gasteiger partial charge is 0.342 e. The SMILES string of the molecule is CCc1ccc(N2C(=O)C(=Cc3cn(Cc4ccccc4C#N)c4ccccc34)C(=O)NC2=S)cc1. The summed E-state index contributed by atoms with van der Waals surface area (Å²) >= 11 is 5.34. The molecule has 1 aliphatic heterocycles. The summed E-state index contributed by atoms with van der Waals surface area (Å²) in [7, 11) is 0. The number of carbonyl (C=O) groups excluding carboxylic acids is 2. The number of rotatable bonds is 5. The minimum absolute atomic E-state index is 0.00324. The van der Waals surface area contributed by atoms with Gasteiger partial charge in [-0.2, -0.15) is 5.26 Å². The number of aryl methyl sites for hydroxylation is 1. The van der Waals surface area contributed by atoms with E-state index in [0.717, 1.165) is 34.0 Å². The number of amides is 2. The Bertz CT molecular complexity index is 1590. The van der Waals surface area contributed by atoms with Crippen molar-refractivity contribution in [2.45, 2.75) is 19.9 Å². The first-order valence-electron chi connectivity index (χ1n) is 11.6. The zero-order chi connectivity index (χ0) is 25.2. The van der Waals surface area contributed by atoms with Crippen LogP contribution in [-0.4, -0.2) is 21.5 Å². The van der Waals surface area contributed by atoms with Gasteiger partial charge < -0.3 is 4.57 Å². The lowest BCUT2D eigenvalue weighted by Gasteiger charge is -2.29. The molecule has 0 atom stereocenters. The van der Waals surface area contributed by atoms with E-state index < -0.39 is 11.8 Å². The number of para-hydroxylation sites is 1. The van der Waals surface area contributed by atoms with Gasteiger partial charge in [0.1, 0.15) is 5.57 Å². The molecule has 2 heterocycles.